The van der Waals surface area contributed by atoms with Gasteiger partial charge >= 0.3 is 0 Å². The Bertz CT molecular complexity index is 479. The summed E-state index contributed by atoms with van der Waals surface area (Å²) in [5.74, 6) is 0.541. The molecule has 3 nitrogen and oxygen atoms in total. The summed E-state index contributed by atoms with van der Waals surface area (Å²) in [5.41, 5.74) is 1.01. The van der Waals surface area contributed by atoms with Crippen molar-refractivity contribution in [3.63, 3.8) is 0 Å². The number of piperidine rings is 1. The van der Waals surface area contributed by atoms with Crippen molar-refractivity contribution < 1.29 is 9.59 Å². The van der Waals surface area contributed by atoms with Crippen LogP contribution in [-0.4, -0.2) is 29.7 Å². The van der Waals surface area contributed by atoms with E-state index in [0.29, 0.717) is 19.5 Å². The van der Waals surface area contributed by atoms with Crippen LogP contribution in [0.1, 0.15) is 25.3 Å². The van der Waals surface area contributed by atoms with Crippen molar-refractivity contribution in [2.75, 3.05) is 13.1 Å². The van der Waals surface area contributed by atoms with Crippen LogP contribution in [0, 0.1) is 5.92 Å². The molecule has 0 N–H and O–H groups in total. The minimum absolute atomic E-state index is 0.146. The third-order valence-corrected chi connectivity index (χ3v) is 4.50. The molecule has 1 fully saturated rings. The molecule has 1 amide bonds. The smallest absolute Gasteiger partial charge is 0.227 e. The molecule has 1 heterocycles. The minimum atomic E-state index is 0.146. The standard InChI is InChI=1S/C15H18BrNO2/c1-11(18)12-6-8-17(9-7-12)15(19)10-13-4-2-3-5-14(13)16/h2-5,12H,6-10H2,1H3. The van der Waals surface area contributed by atoms with E-state index >= 15 is 0 Å². The summed E-state index contributed by atoms with van der Waals surface area (Å²) in [6.45, 7) is 3.05. The second-order valence-electron chi connectivity index (χ2n) is 5.03. The molecule has 0 bridgehead atoms. The Labute approximate surface area is 122 Å². The van der Waals surface area contributed by atoms with E-state index in [2.05, 4.69) is 15.9 Å². The number of nitrogens with zero attached hydrogens (tertiary/aromatic N) is 1. The van der Waals surface area contributed by atoms with Crippen LogP contribution in [0.5, 0.6) is 0 Å². The topological polar surface area (TPSA) is 37.4 Å². The van der Waals surface area contributed by atoms with Crippen molar-refractivity contribution in [1.29, 1.82) is 0 Å². The molecule has 2 rings (SSSR count). The lowest BCUT2D eigenvalue weighted by Gasteiger charge is -2.31. The summed E-state index contributed by atoms with van der Waals surface area (Å²) < 4.78 is 0.974. The second-order valence-corrected chi connectivity index (χ2v) is 5.89. The predicted molar refractivity (Wildman–Crippen MR) is 77.8 cm³/mol. The van der Waals surface area contributed by atoms with Crippen molar-refractivity contribution >= 4 is 27.6 Å². The zero-order chi connectivity index (χ0) is 13.8. The highest BCUT2D eigenvalue weighted by atomic mass is 79.9. The highest BCUT2D eigenvalue weighted by Crippen LogP contribution is 2.21. The maximum Gasteiger partial charge on any atom is 0.227 e. The third-order valence-electron chi connectivity index (χ3n) is 3.72. The van der Waals surface area contributed by atoms with Gasteiger partial charge in [0.2, 0.25) is 5.91 Å². The first-order valence-corrected chi connectivity index (χ1v) is 7.39. The van der Waals surface area contributed by atoms with Crippen LogP contribution >= 0.6 is 15.9 Å². The molecule has 1 aliphatic heterocycles. The molecule has 0 radical (unpaired) electrons. The molecule has 1 aliphatic rings. The van der Waals surface area contributed by atoms with Gasteiger partial charge in [0.25, 0.3) is 0 Å². The zero-order valence-electron chi connectivity index (χ0n) is 11.1. The average Bonchev–Trinajstić information content (AvgIpc) is 2.41. The lowest BCUT2D eigenvalue weighted by atomic mass is 9.93. The number of carbonyl (C=O) groups excluding carboxylic acids is 2. The number of carbonyl (C=O) groups is 2. The van der Waals surface area contributed by atoms with Gasteiger partial charge < -0.3 is 4.90 Å². The lowest BCUT2D eigenvalue weighted by molar-refractivity contribution is -0.134. The molecule has 1 aromatic carbocycles. The van der Waals surface area contributed by atoms with Gasteiger partial charge in [0.05, 0.1) is 6.42 Å². The molecule has 102 valence electrons. The molecule has 4 heteroatoms. The van der Waals surface area contributed by atoms with Gasteiger partial charge in [0, 0.05) is 23.5 Å². The first-order chi connectivity index (χ1) is 9.08. The van der Waals surface area contributed by atoms with Crippen LogP contribution in [0.15, 0.2) is 28.7 Å². The summed E-state index contributed by atoms with van der Waals surface area (Å²) >= 11 is 3.46. The van der Waals surface area contributed by atoms with Crippen LogP contribution in [0.2, 0.25) is 0 Å². The molecule has 1 aromatic rings. The van der Waals surface area contributed by atoms with Gasteiger partial charge in [-0.25, -0.2) is 0 Å². The third kappa shape index (κ3) is 3.66. The Morgan fingerprint density at radius 3 is 2.47 bits per heavy atom. The normalized spacial score (nSPS) is 16.4. The largest absolute Gasteiger partial charge is 0.342 e. The molecule has 0 atom stereocenters. The number of benzene rings is 1. The summed E-state index contributed by atoms with van der Waals surface area (Å²) in [7, 11) is 0. The van der Waals surface area contributed by atoms with E-state index in [4.69, 9.17) is 0 Å². The maximum atomic E-state index is 12.2. The predicted octanol–water partition coefficient (Wildman–Crippen LogP) is 2.82. The summed E-state index contributed by atoms with van der Waals surface area (Å²) in [6.07, 6.45) is 2.03. The quantitative estimate of drug-likeness (QED) is 0.857. The average molecular weight is 324 g/mol. The fourth-order valence-corrected chi connectivity index (χ4v) is 2.88. The lowest BCUT2D eigenvalue weighted by Crippen LogP contribution is -2.40. The van der Waals surface area contributed by atoms with Gasteiger partial charge in [-0.05, 0) is 31.4 Å². The Morgan fingerprint density at radius 1 is 1.26 bits per heavy atom. The number of halogens is 1. The number of amides is 1. The van der Waals surface area contributed by atoms with Crippen LogP contribution in [0.25, 0.3) is 0 Å². The van der Waals surface area contributed by atoms with E-state index in [9.17, 15) is 9.59 Å². The van der Waals surface area contributed by atoms with Crippen molar-refractivity contribution in [3.8, 4) is 0 Å². The van der Waals surface area contributed by atoms with Gasteiger partial charge in [0.15, 0.2) is 0 Å². The molecule has 1 saturated heterocycles. The molecule has 19 heavy (non-hydrogen) atoms. The fourth-order valence-electron chi connectivity index (χ4n) is 2.45. The van der Waals surface area contributed by atoms with Gasteiger partial charge in [-0.3, -0.25) is 9.59 Å². The Kier molecular flexibility index (Phi) is 4.75. The van der Waals surface area contributed by atoms with Crippen molar-refractivity contribution in [2.45, 2.75) is 26.2 Å². The first-order valence-electron chi connectivity index (χ1n) is 6.59. The van der Waals surface area contributed by atoms with Gasteiger partial charge in [-0.15, -0.1) is 0 Å². The second kappa shape index (κ2) is 6.33. The summed E-state index contributed by atoms with van der Waals surface area (Å²) in [5, 5.41) is 0. The number of Topliss-reactive ketones (excluding diaryl/α,β-unsaturated/α-hetero) is 1. The molecule has 0 saturated carbocycles. The highest BCUT2D eigenvalue weighted by Gasteiger charge is 2.25. The highest BCUT2D eigenvalue weighted by molar-refractivity contribution is 9.10. The van der Waals surface area contributed by atoms with Crippen molar-refractivity contribution in [3.05, 3.63) is 34.3 Å². The van der Waals surface area contributed by atoms with Crippen LogP contribution in [-0.2, 0) is 16.0 Å². The molecular formula is C15H18BrNO2. The van der Waals surface area contributed by atoms with Crippen molar-refractivity contribution in [2.24, 2.45) is 5.92 Å². The van der Waals surface area contributed by atoms with E-state index in [-0.39, 0.29) is 17.6 Å². The van der Waals surface area contributed by atoms with E-state index in [1.165, 1.54) is 0 Å². The molecule has 0 aliphatic carbocycles. The molecule has 0 aromatic heterocycles. The molecular weight excluding hydrogens is 306 g/mol. The van der Waals surface area contributed by atoms with Gasteiger partial charge in [-0.2, -0.15) is 0 Å². The fraction of sp³-hybridized carbons (Fsp3) is 0.467. The number of hydrogen-bond donors (Lipinski definition) is 0. The van der Waals surface area contributed by atoms with Crippen molar-refractivity contribution in [1.82, 2.24) is 4.90 Å². The Hall–Kier alpha value is -1.16. The summed E-state index contributed by atoms with van der Waals surface area (Å²) in [4.78, 5) is 25.4. The Morgan fingerprint density at radius 2 is 1.89 bits per heavy atom. The number of rotatable bonds is 3. The number of likely N-dealkylation sites (tertiary alicyclic amines) is 1. The summed E-state index contributed by atoms with van der Waals surface area (Å²) in [6, 6.07) is 7.79. The van der Waals surface area contributed by atoms with Crippen LogP contribution < -0.4 is 0 Å². The maximum absolute atomic E-state index is 12.2. The van der Waals surface area contributed by atoms with Crippen LogP contribution in [0.3, 0.4) is 0 Å². The number of ketones is 1. The Balaban J connectivity index is 1.92. The van der Waals surface area contributed by atoms with E-state index < -0.39 is 0 Å². The van der Waals surface area contributed by atoms with E-state index in [1.807, 2.05) is 29.2 Å². The minimum Gasteiger partial charge on any atom is -0.342 e. The van der Waals surface area contributed by atoms with Gasteiger partial charge in [-0.1, -0.05) is 34.1 Å². The number of hydrogen-bond acceptors (Lipinski definition) is 2. The van der Waals surface area contributed by atoms with E-state index in [0.717, 1.165) is 22.9 Å². The molecule has 0 spiro atoms. The zero-order valence-corrected chi connectivity index (χ0v) is 12.6. The van der Waals surface area contributed by atoms with E-state index in [1.54, 1.807) is 6.92 Å². The SMILES string of the molecule is CC(=O)C1CCN(C(=O)Cc2ccccc2Br)CC1. The molecule has 0 unspecified atom stereocenters. The van der Waals surface area contributed by atoms with Gasteiger partial charge in [0.1, 0.15) is 5.78 Å². The monoisotopic (exact) mass is 323 g/mol. The van der Waals surface area contributed by atoms with Crippen LogP contribution in [0.4, 0.5) is 0 Å². The first kappa shape index (κ1) is 14.3.